The molecule has 0 unspecified atom stereocenters. The number of hydrogen-bond acceptors (Lipinski definition) is 1. The molecule has 0 radical (unpaired) electrons. The molecule has 2 rings (SSSR count). The van der Waals surface area contributed by atoms with Gasteiger partial charge in [-0.25, -0.2) is 0 Å². The Morgan fingerprint density at radius 1 is 1.00 bits per heavy atom. The Balaban J connectivity index is 0.00000144. The fourth-order valence-corrected chi connectivity index (χ4v) is 2.46. The number of rotatable bonds is 4. The maximum absolute atomic E-state index is 3.68. The zero-order valence-electron chi connectivity index (χ0n) is 10.7. The minimum atomic E-state index is 0. The van der Waals surface area contributed by atoms with E-state index in [0.717, 1.165) is 19.0 Å². The molecule has 0 spiro atoms. The van der Waals surface area contributed by atoms with Gasteiger partial charge in [0.05, 0.1) is 0 Å². The third kappa shape index (κ3) is 4.69. The van der Waals surface area contributed by atoms with Crippen LogP contribution in [0.5, 0.6) is 0 Å². The van der Waals surface area contributed by atoms with Gasteiger partial charge in [-0.3, -0.25) is 0 Å². The molecular formula is C15H24ClN. The molecule has 1 aromatic rings. The molecule has 0 heterocycles. The maximum atomic E-state index is 3.68. The number of aryl methyl sites for hydroxylation is 1. The first-order valence-electron chi connectivity index (χ1n) is 6.69. The quantitative estimate of drug-likeness (QED) is 0.852. The second-order valence-corrected chi connectivity index (χ2v) is 4.89. The van der Waals surface area contributed by atoms with E-state index in [-0.39, 0.29) is 12.4 Å². The molecule has 96 valence electrons. The predicted octanol–water partition coefficient (Wildman–Crippen LogP) is 4.09. The van der Waals surface area contributed by atoms with Gasteiger partial charge in [0.2, 0.25) is 0 Å². The monoisotopic (exact) mass is 253 g/mol. The van der Waals surface area contributed by atoms with Crippen LogP contribution < -0.4 is 5.32 Å². The molecule has 2 heteroatoms. The molecule has 1 nitrogen and oxygen atoms in total. The van der Waals surface area contributed by atoms with Crippen molar-refractivity contribution in [2.45, 2.75) is 58.0 Å². The van der Waals surface area contributed by atoms with Crippen LogP contribution in [0.4, 0.5) is 0 Å². The molecule has 0 amide bonds. The third-order valence-electron chi connectivity index (χ3n) is 3.63. The SMILES string of the molecule is CCc1ccc(CNC2CCCCC2)cc1.Cl. The van der Waals surface area contributed by atoms with E-state index in [1.54, 1.807) is 0 Å². The van der Waals surface area contributed by atoms with E-state index in [2.05, 4.69) is 36.5 Å². The van der Waals surface area contributed by atoms with Crippen LogP contribution in [-0.2, 0) is 13.0 Å². The van der Waals surface area contributed by atoms with Gasteiger partial charge >= 0.3 is 0 Å². The molecule has 0 atom stereocenters. The van der Waals surface area contributed by atoms with Gasteiger partial charge in [-0.2, -0.15) is 0 Å². The van der Waals surface area contributed by atoms with Gasteiger partial charge in [-0.15, -0.1) is 12.4 Å². The Morgan fingerprint density at radius 3 is 2.18 bits per heavy atom. The second-order valence-electron chi connectivity index (χ2n) is 4.89. The van der Waals surface area contributed by atoms with Gasteiger partial charge in [0.25, 0.3) is 0 Å². The van der Waals surface area contributed by atoms with E-state index in [1.807, 2.05) is 0 Å². The van der Waals surface area contributed by atoms with Crippen molar-refractivity contribution in [1.29, 1.82) is 0 Å². The number of nitrogens with one attached hydrogen (secondary N) is 1. The molecule has 0 bridgehead atoms. The van der Waals surface area contributed by atoms with Gasteiger partial charge < -0.3 is 5.32 Å². The first kappa shape index (κ1) is 14.5. The van der Waals surface area contributed by atoms with E-state index < -0.39 is 0 Å². The van der Waals surface area contributed by atoms with Crippen LogP contribution in [-0.4, -0.2) is 6.04 Å². The average Bonchev–Trinajstić information content (AvgIpc) is 2.38. The third-order valence-corrected chi connectivity index (χ3v) is 3.63. The molecular weight excluding hydrogens is 230 g/mol. The Hall–Kier alpha value is -0.530. The molecule has 1 saturated carbocycles. The van der Waals surface area contributed by atoms with Crippen molar-refractivity contribution in [3.8, 4) is 0 Å². The molecule has 0 aliphatic heterocycles. The number of hydrogen-bond donors (Lipinski definition) is 1. The van der Waals surface area contributed by atoms with Gasteiger partial charge in [0, 0.05) is 12.6 Å². The summed E-state index contributed by atoms with van der Waals surface area (Å²) < 4.78 is 0. The van der Waals surface area contributed by atoms with E-state index in [1.165, 1.54) is 43.2 Å². The lowest BCUT2D eigenvalue weighted by Gasteiger charge is -2.22. The highest BCUT2D eigenvalue weighted by molar-refractivity contribution is 5.85. The highest BCUT2D eigenvalue weighted by atomic mass is 35.5. The molecule has 1 aliphatic rings. The Bertz CT molecular complexity index is 301. The van der Waals surface area contributed by atoms with E-state index in [0.29, 0.717) is 0 Å². The van der Waals surface area contributed by atoms with Crippen molar-refractivity contribution in [3.05, 3.63) is 35.4 Å². The van der Waals surface area contributed by atoms with Crippen molar-refractivity contribution in [2.24, 2.45) is 0 Å². The summed E-state index contributed by atoms with van der Waals surface area (Å²) in [7, 11) is 0. The van der Waals surface area contributed by atoms with E-state index >= 15 is 0 Å². The summed E-state index contributed by atoms with van der Waals surface area (Å²) in [5.41, 5.74) is 2.85. The summed E-state index contributed by atoms with van der Waals surface area (Å²) >= 11 is 0. The highest BCUT2D eigenvalue weighted by Crippen LogP contribution is 2.17. The topological polar surface area (TPSA) is 12.0 Å². The average molecular weight is 254 g/mol. The van der Waals surface area contributed by atoms with Crippen molar-refractivity contribution in [1.82, 2.24) is 5.32 Å². The highest BCUT2D eigenvalue weighted by Gasteiger charge is 2.11. The normalized spacial score (nSPS) is 16.5. The summed E-state index contributed by atoms with van der Waals surface area (Å²) in [5.74, 6) is 0. The molecule has 1 aromatic carbocycles. The molecule has 1 N–H and O–H groups in total. The zero-order chi connectivity index (χ0) is 11.2. The van der Waals surface area contributed by atoms with Gasteiger partial charge in [-0.05, 0) is 30.4 Å². The summed E-state index contributed by atoms with van der Waals surface area (Å²) in [5, 5.41) is 3.68. The summed E-state index contributed by atoms with van der Waals surface area (Å²) in [6, 6.07) is 9.78. The van der Waals surface area contributed by atoms with Crippen LogP contribution in [0.3, 0.4) is 0 Å². The van der Waals surface area contributed by atoms with Crippen molar-refractivity contribution < 1.29 is 0 Å². The first-order valence-corrected chi connectivity index (χ1v) is 6.69. The molecule has 1 aliphatic carbocycles. The van der Waals surface area contributed by atoms with Crippen LogP contribution in [0.15, 0.2) is 24.3 Å². The summed E-state index contributed by atoms with van der Waals surface area (Å²) in [6.45, 7) is 3.24. The summed E-state index contributed by atoms with van der Waals surface area (Å²) in [4.78, 5) is 0. The van der Waals surface area contributed by atoms with Crippen molar-refractivity contribution in [3.63, 3.8) is 0 Å². The smallest absolute Gasteiger partial charge is 0.0208 e. The first-order chi connectivity index (χ1) is 7.88. The van der Waals surface area contributed by atoms with Crippen molar-refractivity contribution >= 4 is 12.4 Å². The van der Waals surface area contributed by atoms with Crippen LogP contribution in [0.1, 0.15) is 50.2 Å². The van der Waals surface area contributed by atoms with Crippen LogP contribution in [0.25, 0.3) is 0 Å². The molecule has 0 saturated heterocycles. The standard InChI is InChI=1S/C15H23N.ClH/c1-2-13-8-10-14(11-9-13)12-16-15-6-4-3-5-7-15;/h8-11,15-16H,2-7,12H2,1H3;1H. The van der Waals surface area contributed by atoms with E-state index in [4.69, 9.17) is 0 Å². The second kappa shape index (κ2) is 7.73. The molecule has 1 fully saturated rings. The Kier molecular flexibility index (Phi) is 6.61. The number of benzene rings is 1. The van der Waals surface area contributed by atoms with Gasteiger partial charge in [-0.1, -0.05) is 50.5 Å². The van der Waals surface area contributed by atoms with E-state index in [9.17, 15) is 0 Å². The Labute approximate surface area is 111 Å². The number of halogens is 1. The van der Waals surface area contributed by atoms with Gasteiger partial charge in [0.15, 0.2) is 0 Å². The minimum Gasteiger partial charge on any atom is -0.310 e. The lowest BCUT2D eigenvalue weighted by atomic mass is 9.95. The maximum Gasteiger partial charge on any atom is 0.0208 e. The predicted molar refractivity (Wildman–Crippen MR) is 76.8 cm³/mol. The Morgan fingerprint density at radius 2 is 1.59 bits per heavy atom. The van der Waals surface area contributed by atoms with Crippen LogP contribution in [0.2, 0.25) is 0 Å². The van der Waals surface area contributed by atoms with Crippen LogP contribution in [0, 0.1) is 0 Å². The minimum absolute atomic E-state index is 0. The largest absolute Gasteiger partial charge is 0.310 e. The molecule has 17 heavy (non-hydrogen) atoms. The summed E-state index contributed by atoms with van der Waals surface area (Å²) in [6.07, 6.45) is 8.12. The molecule has 0 aromatic heterocycles. The van der Waals surface area contributed by atoms with Crippen molar-refractivity contribution in [2.75, 3.05) is 0 Å². The fraction of sp³-hybridized carbons (Fsp3) is 0.600. The lowest BCUT2D eigenvalue weighted by Crippen LogP contribution is -2.30. The fourth-order valence-electron chi connectivity index (χ4n) is 2.46. The van der Waals surface area contributed by atoms with Gasteiger partial charge in [0.1, 0.15) is 0 Å². The van der Waals surface area contributed by atoms with Crippen LogP contribution >= 0.6 is 12.4 Å². The lowest BCUT2D eigenvalue weighted by molar-refractivity contribution is 0.372. The zero-order valence-corrected chi connectivity index (χ0v) is 11.6.